The maximum Gasteiger partial charge on any atom is 0.475 e. The van der Waals surface area contributed by atoms with Crippen molar-refractivity contribution in [2.45, 2.75) is 57.7 Å². The van der Waals surface area contributed by atoms with Crippen LogP contribution in [0.3, 0.4) is 0 Å². The molecule has 0 aromatic heterocycles. The third-order valence-corrected chi connectivity index (χ3v) is 5.76. The zero-order chi connectivity index (χ0) is 13.1. The fourth-order valence-electron chi connectivity index (χ4n) is 4.39. The molecule has 3 saturated carbocycles. The van der Waals surface area contributed by atoms with Crippen LogP contribution in [0.5, 0.6) is 0 Å². The molecular formula is C14H24BNO2. The van der Waals surface area contributed by atoms with E-state index in [-0.39, 0.29) is 24.8 Å². The van der Waals surface area contributed by atoms with Gasteiger partial charge in [-0.15, -0.1) is 6.58 Å². The second kappa shape index (κ2) is 3.84. The van der Waals surface area contributed by atoms with Gasteiger partial charge in [0.1, 0.15) is 0 Å². The van der Waals surface area contributed by atoms with Crippen molar-refractivity contribution in [3.8, 4) is 0 Å². The molecular weight excluding hydrogens is 225 g/mol. The minimum absolute atomic E-state index is 0.0924. The largest absolute Gasteiger partial charge is 0.475 e. The summed E-state index contributed by atoms with van der Waals surface area (Å²) in [6, 6.07) is 0. The third kappa shape index (κ3) is 1.49. The molecule has 0 radical (unpaired) electrons. The molecule has 4 rings (SSSR count). The van der Waals surface area contributed by atoms with Crippen LogP contribution in [-0.2, 0) is 9.31 Å². The van der Waals surface area contributed by atoms with Gasteiger partial charge in [0.25, 0.3) is 0 Å². The van der Waals surface area contributed by atoms with Crippen molar-refractivity contribution >= 4 is 7.12 Å². The first-order valence-electron chi connectivity index (χ1n) is 7.09. The van der Waals surface area contributed by atoms with Gasteiger partial charge in [-0.2, -0.15) is 0 Å². The van der Waals surface area contributed by atoms with E-state index in [1.165, 1.54) is 6.42 Å². The number of rotatable bonds is 3. The standard InChI is InChI=1S/C14H24BNO2/c1-5-6-12(16)15-17-11-8-9-7-10(13(9,2)3)14(11,4)18-15/h5,9-12H,1,6-8,16H2,2-4H3/t9-,10+,11-,12-,14+/m0/s1. The molecule has 0 spiro atoms. The van der Waals surface area contributed by atoms with Gasteiger partial charge in [-0.1, -0.05) is 19.9 Å². The van der Waals surface area contributed by atoms with Crippen LogP contribution in [0, 0.1) is 17.3 Å². The zero-order valence-electron chi connectivity index (χ0n) is 11.7. The molecule has 4 heteroatoms. The Kier molecular flexibility index (Phi) is 2.71. The van der Waals surface area contributed by atoms with E-state index in [4.69, 9.17) is 15.0 Å². The van der Waals surface area contributed by atoms with Crippen LogP contribution in [0.1, 0.15) is 40.0 Å². The Morgan fingerprint density at radius 3 is 2.78 bits per heavy atom. The Balaban J connectivity index is 1.78. The molecule has 4 fully saturated rings. The molecule has 5 atom stereocenters. The fourth-order valence-corrected chi connectivity index (χ4v) is 4.39. The predicted molar refractivity (Wildman–Crippen MR) is 72.9 cm³/mol. The highest BCUT2D eigenvalue weighted by molar-refractivity contribution is 6.47. The first-order chi connectivity index (χ1) is 8.39. The zero-order valence-corrected chi connectivity index (χ0v) is 11.7. The summed E-state index contributed by atoms with van der Waals surface area (Å²) in [5.41, 5.74) is 6.37. The van der Waals surface area contributed by atoms with Crippen molar-refractivity contribution in [2.75, 3.05) is 0 Å². The lowest BCUT2D eigenvalue weighted by atomic mass is 9.43. The van der Waals surface area contributed by atoms with Gasteiger partial charge >= 0.3 is 7.12 Å². The van der Waals surface area contributed by atoms with Crippen LogP contribution < -0.4 is 5.73 Å². The molecule has 1 heterocycles. The summed E-state index contributed by atoms with van der Waals surface area (Å²) in [5.74, 6) is 1.30. The first-order valence-corrected chi connectivity index (χ1v) is 7.09. The Hall–Kier alpha value is -0.315. The molecule has 0 amide bonds. The molecule has 100 valence electrons. The van der Waals surface area contributed by atoms with Crippen molar-refractivity contribution in [1.29, 1.82) is 0 Å². The van der Waals surface area contributed by atoms with Gasteiger partial charge in [0.2, 0.25) is 0 Å². The normalized spacial score (nSPS) is 46.2. The van der Waals surface area contributed by atoms with Gasteiger partial charge in [0.15, 0.2) is 0 Å². The fraction of sp³-hybridized carbons (Fsp3) is 0.857. The van der Waals surface area contributed by atoms with Gasteiger partial charge < -0.3 is 15.0 Å². The van der Waals surface area contributed by atoms with E-state index in [1.807, 2.05) is 6.08 Å². The lowest BCUT2D eigenvalue weighted by Crippen LogP contribution is -2.65. The van der Waals surface area contributed by atoms with Gasteiger partial charge in [0.05, 0.1) is 11.7 Å². The first kappa shape index (κ1) is 12.7. The second-order valence-electron chi connectivity index (χ2n) is 7.03. The maximum atomic E-state index is 6.26. The van der Waals surface area contributed by atoms with E-state index in [0.29, 0.717) is 11.3 Å². The van der Waals surface area contributed by atoms with Crippen LogP contribution in [0.4, 0.5) is 0 Å². The van der Waals surface area contributed by atoms with E-state index in [9.17, 15) is 0 Å². The van der Waals surface area contributed by atoms with Crippen molar-refractivity contribution in [3.05, 3.63) is 12.7 Å². The second-order valence-corrected chi connectivity index (χ2v) is 7.03. The van der Waals surface area contributed by atoms with Crippen LogP contribution >= 0.6 is 0 Å². The molecule has 3 aliphatic carbocycles. The summed E-state index contributed by atoms with van der Waals surface area (Å²) in [6.07, 6.45) is 5.22. The lowest BCUT2D eigenvalue weighted by molar-refractivity contribution is -0.199. The number of hydrogen-bond acceptors (Lipinski definition) is 3. The summed E-state index contributed by atoms with van der Waals surface area (Å²) in [4.78, 5) is 0. The van der Waals surface area contributed by atoms with Crippen molar-refractivity contribution in [1.82, 2.24) is 0 Å². The maximum absolute atomic E-state index is 6.26. The smallest absolute Gasteiger partial charge is 0.404 e. The average Bonchev–Trinajstić information content (AvgIpc) is 2.65. The molecule has 0 aromatic rings. The van der Waals surface area contributed by atoms with Crippen molar-refractivity contribution in [3.63, 3.8) is 0 Å². The van der Waals surface area contributed by atoms with E-state index in [0.717, 1.165) is 18.8 Å². The van der Waals surface area contributed by atoms with Gasteiger partial charge in [0, 0.05) is 5.94 Å². The summed E-state index contributed by atoms with van der Waals surface area (Å²) in [6.45, 7) is 10.7. The van der Waals surface area contributed by atoms with Gasteiger partial charge in [-0.25, -0.2) is 0 Å². The van der Waals surface area contributed by atoms with Crippen molar-refractivity contribution in [2.24, 2.45) is 23.0 Å². The predicted octanol–water partition coefficient (Wildman–Crippen LogP) is 2.16. The summed E-state index contributed by atoms with van der Waals surface area (Å²) in [7, 11) is -0.256. The highest BCUT2D eigenvalue weighted by atomic mass is 16.7. The highest BCUT2D eigenvalue weighted by Gasteiger charge is 2.68. The Bertz CT molecular complexity index is 373. The van der Waals surface area contributed by atoms with Gasteiger partial charge in [-0.05, 0) is 43.4 Å². The molecule has 0 aromatic carbocycles. The average molecular weight is 249 g/mol. The minimum Gasteiger partial charge on any atom is -0.404 e. The summed E-state index contributed by atoms with van der Waals surface area (Å²) < 4.78 is 12.3. The highest BCUT2D eigenvalue weighted by Crippen LogP contribution is 2.65. The number of nitrogens with two attached hydrogens (primary N) is 1. The minimum atomic E-state index is -0.256. The van der Waals surface area contributed by atoms with Gasteiger partial charge in [-0.3, -0.25) is 0 Å². The van der Waals surface area contributed by atoms with E-state index >= 15 is 0 Å². The molecule has 18 heavy (non-hydrogen) atoms. The monoisotopic (exact) mass is 249 g/mol. The SMILES string of the molecule is C=CC[C@H](N)B1O[C@H]2C[C@@H]3C[C@H](C3(C)C)[C@@]2(C)O1. The van der Waals surface area contributed by atoms with Crippen LogP contribution in [0.15, 0.2) is 12.7 Å². The number of hydrogen-bond donors (Lipinski definition) is 1. The van der Waals surface area contributed by atoms with E-state index in [1.54, 1.807) is 0 Å². The lowest BCUT2D eigenvalue weighted by Gasteiger charge is -2.64. The topological polar surface area (TPSA) is 44.5 Å². The summed E-state index contributed by atoms with van der Waals surface area (Å²) in [5, 5.41) is 0. The van der Waals surface area contributed by atoms with E-state index in [2.05, 4.69) is 27.4 Å². The van der Waals surface area contributed by atoms with Crippen molar-refractivity contribution < 1.29 is 9.31 Å². The van der Waals surface area contributed by atoms with Crippen LogP contribution in [0.2, 0.25) is 0 Å². The molecule has 1 aliphatic heterocycles. The molecule has 3 nitrogen and oxygen atoms in total. The molecule has 2 bridgehead atoms. The quantitative estimate of drug-likeness (QED) is 0.615. The molecule has 4 aliphatic rings. The summed E-state index contributed by atoms with van der Waals surface area (Å²) >= 11 is 0. The molecule has 1 saturated heterocycles. The van der Waals surface area contributed by atoms with Crippen LogP contribution in [0.25, 0.3) is 0 Å². The Labute approximate surface area is 110 Å². The van der Waals surface area contributed by atoms with E-state index < -0.39 is 0 Å². The molecule has 2 N–H and O–H groups in total. The Morgan fingerprint density at radius 1 is 1.44 bits per heavy atom. The molecule has 0 unspecified atom stereocenters. The third-order valence-electron chi connectivity index (χ3n) is 5.76. The van der Waals surface area contributed by atoms with Crippen LogP contribution in [-0.4, -0.2) is 24.8 Å². The Morgan fingerprint density at radius 2 is 2.17 bits per heavy atom.